The maximum atomic E-state index is 12.8. The number of rotatable bonds is 4. The van der Waals surface area contributed by atoms with Gasteiger partial charge in [0, 0.05) is 12.6 Å². The Morgan fingerprint density at radius 3 is 2.48 bits per heavy atom. The van der Waals surface area contributed by atoms with Gasteiger partial charge in [-0.1, -0.05) is 18.2 Å². The molecule has 2 heterocycles. The molecule has 2 aliphatic heterocycles. The van der Waals surface area contributed by atoms with Gasteiger partial charge < -0.3 is 9.47 Å². The normalized spacial score (nSPS) is 20.6. The summed E-state index contributed by atoms with van der Waals surface area (Å²) in [4.78, 5) is 2.87. The van der Waals surface area contributed by atoms with Crippen molar-refractivity contribution in [2.24, 2.45) is 0 Å². The Morgan fingerprint density at radius 1 is 0.960 bits per heavy atom. The van der Waals surface area contributed by atoms with Crippen LogP contribution in [0.3, 0.4) is 0 Å². The van der Waals surface area contributed by atoms with Crippen LogP contribution in [0.2, 0.25) is 0 Å². The molecule has 5 nitrogen and oxygen atoms in total. The molecule has 0 unspecified atom stereocenters. The molecule has 0 N–H and O–H groups in total. The lowest BCUT2D eigenvalue weighted by Crippen LogP contribution is -2.39. The van der Waals surface area contributed by atoms with Crippen LogP contribution in [0.15, 0.2) is 58.3 Å². The minimum Gasteiger partial charge on any atom is -0.486 e. The molecule has 25 heavy (non-hydrogen) atoms. The molecule has 0 amide bonds. The summed E-state index contributed by atoms with van der Waals surface area (Å²) in [5.74, 6) is 1.11. The van der Waals surface area contributed by atoms with Gasteiger partial charge in [-0.05, 0) is 50.2 Å². The van der Waals surface area contributed by atoms with E-state index < -0.39 is 9.84 Å². The number of benzene rings is 2. The highest BCUT2D eigenvalue weighted by Crippen LogP contribution is 2.35. The van der Waals surface area contributed by atoms with Crippen LogP contribution in [-0.2, 0) is 9.84 Å². The fourth-order valence-electron chi connectivity index (χ4n) is 3.34. The van der Waals surface area contributed by atoms with E-state index in [4.69, 9.17) is 9.47 Å². The molecule has 132 valence electrons. The number of likely N-dealkylation sites (tertiary alicyclic amines) is 1. The predicted octanol–water partition coefficient (Wildman–Crippen LogP) is 2.76. The van der Waals surface area contributed by atoms with Crippen molar-refractivity contribution in [3.63, 3.8) is 0 Å². The fraction of sp³-hybridized carbons (Fsp3) is 0.368. The molecular weight excluding hydrogens is 338 g/mol. The highest BCUT2D eigenvalue weighted by Gasteiger charge is 2.27. The lowest BCUT2D eigenvalue weighted by Gasteiger charge is -2.29. The predicted molar refractivity (Wildman–Crippen MR) is 93.9 cm³/mol. The van der Waals surface area contributed by atoms with Crippen molar-refractivity contribution in [1.82, 2.24) is 4.90 Å². The molecule has 2 aromatic carbocycles. The van der Waals surface area contributed by atoms with E-state index in [0.717, 1.165) is 19.6 Å². The summed E-state index contributed by atoms with van der Waals surface area (Å²) in [6, 6.07) is 13.3. The third-order valence-corrected chi connectivity index (χ3v) is 6.43. The largest absolute Gasteiger partial charge is 0.486 e. The van der Waals surface area contributed by atoms with Gasteiger partial charge in [0.05, 0.1) is 9.79 Å². The Morgan fingerprint density at radius 2 is 1.72 bits per heavy atom. The minimum absolute atomic E-state index is 0.0692. The van der Waals surface area contributed by atoms with Crippen LogP contribution in [0.4, 0.5) is 0 Å². The molecule has 0 spiro atoms. The SMILES string of the molecule is O=S(=O)(c1ccccc1)c1ccc2c(c1)O[C@H](CN1CCCC1)CO2. The van der Waals surface area contributed by atoms with Crippen molar-refractivity contribution in [1.29, 1.82) is 0 Å². The first kappa shape index (κ1) is 16.4. The Labute approximate surface area is 148 Å². The van der Waals surface area contributed by atoms with Gasteiger partial charge in [-0.15, -0.1) is 0 Å². The van der Waals surface area contributed by atoms with Crippen LogP contribution in [-0.4, -0.2) is 45.7 Å². The zero-order valence-electron chi connectivity index (χ0n) is 13.9. The molecule has 0 radical (unpaired) electrons. The second-order valence-electron chi connectivity index (χ2n) is 6.48. The van der Waals surface area contributed by atoms with E-state index in [1.807, 2.05) is 0 Å². The van der Waals surface area contributed by atoms with Gasteiger partial charge in [-0.3, -0.25) is 4.90 Å². The van der Waals surface area contributed by atoms with Crippen LogP contribution >= 0.6 is 0 Å². The molecule has 1 saturated heterocycles. The molecule has 2 aromatic rings. The van der Waals surface area contributed by atoms with E-state index in [9.17, 15) is 8.42 Å². The second-order valence-corrected chi connectivity index (χ2v) is 8.43. The molecule has 0 aromatic heterocycles. The first-order chi connectivity index (χ1) is 12.1. The van der Waals surface area contributed by atoms with Gasteiger partial charge in [-0.25, -0.2) is 8.42 Å². The summed E-state index contributed by atoms with van der Waals surface area (Å²) >= 11 is 0. The molecule has 0 aliphatic carbocycles. The minimum atomic E-state index is -3.56. The van der Waals surface area contributed by atoms with E-state index in [-0.39, 0.29) is 15.9 Å². The number of nitrogens with zero attached hydrogens (tertiary/aromatic N) is 1. The van der Waals surface area contributed by atoms with Crippen LogP contribution < -0.4 is 9.47 Å². The monoisotopic (exact) mass is 359 g/mol. The summed E-state index contributed by atoms with van der Waals surface area (Å²) in [5, 5.41) is 0. The number of sulfone groups is 1. The maximum absolute atomic E-state index is 12.8. The molecule has 2 aliphatic rings. The van der Waals surface area contributed by atoms with E-state index in [2.05, 4.69) is 4.90 Å². The maximum Gasteiger partial charge on any atom is 0.206 e. The molecule has 0 bridgehead atoms. The Kier molecular flexibility index (Phi) is 4.39. The molecule has 1 fully saturated rings. The molecule has 0 saturated carbocycles. The van der Waals surface area contributed by atoms with Crippen LogP contribution in [0.25, 0.3) is 0 Å². The van der Waals surface area contributed by atoms with E-state index >= 15 is 0 Å². The Bertz CT molecular complexity index is 845. The van der Waals surface area contributed by atoms with Gasteiger partial charge in [0.25, 0.3) is 0 Å². The lowest BCUT2D eigenvalue weighted by molar-refractivity contribution is 0.0647. The summed E-state index contributed by atoms with van der Waals surface area (Å²) in [6.45, 7) is 3.49. The van der Waals surface area contributed by atoms with Crippen LogP contribution in [0.5, 0.6) is 11.5 Å². The third-order valence-electron chi connectivity index (χ3n) is 4.66. The zero-order valence-corrected chi connectivity index (χ0v) is 14.7. The number of fused-ring (bicyclic) bond motifs is 1. The van der Waals surface area contributed by atoms with Gasteiger partial charge in [0.15, 0.2) is 11.5 Å². The molecular formula is C19H21NO4S. The van der Waals surface area contributed by atoms with Gasteiger partial charge in [0.1, 0.15) is 12.7 Å². The van der Waals surface area contributed by atoms with E-state index in [1.54, 1.807) is 48.5 Å². The summed E-state index contributed by atoms with van der Waals surface area (Å²) in [7, 11) is -3.56. The van der Waals surface area contributed by atoms with E-state index in [0.29, 0.717) is 18.1 Å². The number of hydrogen-bond acceptors (Lipinski definition) is 5. The highest BCUT2D eigenvalue weighted by molar-refractivity contribution is 7.91. The average molecular weight is 359 g/mol. The summed E-state index contributed by atoms with van der Waals surface area (Å²) in [6.07, 6.45) is 2.38. The van der Waals surface area contributed by atoms with Crippen LogP contribution in [0.1, 0.15) is 12.8 Å². The first-order valence-corrected chi connectivity index (χ1v) is 10.1. The van der Waals surface area contributed by atoms with Crippen molar-refractivity contribution in [2.45, 2.75) is 28.7 Å². The summed E-state index contributed by atoms with van der Waals surface area (Å²) < 4.78 is 37.4. The smallest absolute Gasteiger partial charge is 0.206 e. The molecule has 6 heteroatoms. The van der Waals surface area contributed by atoms with Crippen molar-refractivity contribution in [2.75, 3.05) is 26.2 Å². The standard InChI is InChI=1S/C19H21NO4S/c21-25(22,16-6-2-1-3-7-16)17-8-9-18-19(12-17)24-15(14-23-18)13-20-10-4-5-11-20/h1-3,6-9,12,15H,4-5,10-11,13-14H2/t15-/m1/s1. The Balaban J connectivity index is 1.57. The van der Waals surface area contributed by atoms with Gasteiger partial charge >= 0.3 is 0 Å². The zero-order chi connectivity index (χ0) is 17.3. The quantitative estimate of drug-likeness (QED) is 0.840. The highest BCUT2D eigenvalue weighted by atomic mass is 32.2. The topological polar surface area (TPSA) is 55.8 Å². The number of ether oxygens (including phenoxy) is 2. The van der Waals surface area contributed by atoms with Crippen molar-refractivity contribution in [3.8, 4) is 11.5 Å². The fourth-order valence-corrected chi connectivity index (χ4v) is 4.64. The first-order valence-electron chi connectivity index (χ1n) is 8.59. The lowest BCUT2D eigenvalue weighted by atomic mass is 10.2. The second kappa shape index (κ2) is 6.69. The van der Waals surface area contributed by atoms with Crippen LogP contribution in [0, 0.1) is 0 Å². The molecule has 1 atom stereocenters. The number of hydrogen-bond donors (Lipinski definition) is 0. The van der Waals surface area contributed by atoms with Crippen molar-refractivity contribution in [3.05, 3.63) is 48.5 Å². The summed E-state index contributed by atoms with van der Waals surface area (Å²) in [5.41, 5.74) is 0. The average Bonchev–Trinajstić information content (AvgIpc) is 3.15. The van der Waals surface area contributed by atoms with Crippen molar-refractivity contribution >= 4 is 9.84 Å². The Hall–Kier alpha value is -2.05. The van der Waals surface area contributed by atoms with E-state index in [1.165, 1.54) is 12.8 Å². The van der Waals surface area contributed by atoms with Gasteiger partial charge in [0.2, 0.25) is 9.84 Å². The third kappa shape index (κ3) is 3.37. The van der Waals surface area contributed by atoms with Crippen molar-refractivity contribution < 1.29 is 17.9 Å². The molecule has 4 rings (SSSR count). The van der Waals surface area contributed by atoms with Gasteiger partial charge in [-0.2, -0.15) is 0 Å².